The Morgan fingerprint density at radius 2 is 1.88 bits per heavy atom. The summed E-state index contributed by atoms with van der Waals surface area (Å²) in [6.45, 7) is 2.03. The van der Waals surface area contributed by atoms with E-state index in [1.165, 1.54) is 11.9 Å². The smallest absolute Gasteiger partial charge is 0.158 e. The molecule has 0 unspecified atom stereocenters. The molecule has 0 spiro atoms. The quantitative estimate of drug-likeness (QED) is 0.785. The lowest BCUT2D eigenvalue weighted by Gasteiger charge is -2.08. The van der Waals surface area contributed by atoms with Crippen LogP contribution in [0.25, 0.3) is 0 Å². The summed E-state index contributed by atoms with van der Waals surface area (Å²) in [5, 5.41) is 3.33. The van der Waals surface area contributed by atoms with Crippen molar-refractivity contribution in [2.24, 2.45) is 0 Å². The summed E-state index contributed by atoms with van der Waals surface area (Å²) < 4.78 is 0. The first kappa shape index (κ1) is 10.7. The first-order valence-corrected chi connectivity index (χ1v) is 5.14. The summed E-state index contributed by atoms with van der Waals surface area (Å²) in [6.07, 6.45) is 1.37. The predicted octanol–water partition coefficient (Wildman–Crippen LogP) is 2.76. The lowest BCUT2D eigenvalue weighted by atomic mass is 10.2. The van der Waals surface area contributed by atoms with Crippen LogP contribution in [-0.4, -0.2) is 9.97 Å². The Morgan fingerprint density at radius 3 is 2.56 bits per heavy atom. The molecule has 1 aromatic carbocycles. The highest BCUT2D eigenvalue weighted by Crippen LogP contribution is 2.25. The molecule has 3 N–H and O–H groups in total. The second kappa shape index (κ2) is 4.37. The van der Waals surface area contributed by atoms with Gasteiger partial charge in [0.2, 0.25) is 0 Å². The van der Waals surface area contributed by atoms with E-state index in [1.54, 1.807) is 0 Å². The van der Waals surface area contributed by atoms with Crippen molar-refractivity contribution in [2.45, 2.75) is 6.92 Å². The van der Waals surface area contributed by atoms with Crippen LogP contribution < -0.4 is 11.1 Å². The van der Waals surface area contributed by atoms with E-state index in [0.717, 1.165) is 5.69 Å². The second-order valence-electron chi connectivity index (χ2n) is 3.42. The van der Waals surface area contributed by atoms with Crippen molar-refractivity contribution in [3.05, 3.63) is 41.3 Å². The molecule has 2 rings (SSSR count). The van der Waals surface area contributed by atoms with Gasteiger partial charge < -0.3 is 11.1 Å². The van der Waals surface area contributed by atoms with E-state index >= 15 is 0 Å². The van der Waals surface area contributed by atoms with E-state index in [4.69, 9.17) is 17.3 Å². The maximum atomic E-state index is 5.79. The van der Waals surface area contributed by atoms with E-state index in [0.29, 0.717) is 11.5 Å². The third-order valence-corrected chi connectivity index (χ3v) is 2.45. The maximum Gasteiger partial charge on any atom is 0.158 e. The van der Waals surface area contributed by atoms with Gasteiger partial charge in [0.15, 0.2) is 11.0 Å². The van der Waals surface area contributed by atoms with Crippen molar-refractivity contribution >= 4 is 28.8 Å². The number of nitrogen functional groups attached to an aromatic ring is 1. The van der Waals surface area contributed by atoms with E-state index in [-0.39, 0.29) is 5.15 Å². The Balaban J connectivity index is 2.27. The Kier molecular flexibility index (Phi) is 2.92. The van der Waals surface area contributed by atoms with Crippen molar-refractivity contribution in [2.75, 3.05) is 11.1 Å². The average molecular weight is 235 g/mol. The summed E-state index contributed by atoms with van der Waals surface area (Å²) in [5.74, 6) is 0.517. The number of aromatic nitrogens is 2. The summed E-state index contributed by atoms with van der Waals surface area (Å²) in [6, 6.07) is 7.90. The van der Waals surface area contributed by atoms with Crippen molar-refractivity contribution in [3.8, 4) is 0 Å². The molecule has 0 aliphatic carbocycles. The maximum absolute atomic E-state index is 5.79. The molecule has 5 heteroatoms. The van der Waals surface area contributed by atoms with Crippen LogP contribution in [0.4, 0.5) is 17.2 Å². The average Bonchev–Trinajstić information content (AvgIpc) is 2.28. The fraction of sp³-hybridized carbons (Fsp3) is 0.0909. The van der Waals surface area contributed by atoms with Crippen molar-refractivity contribution in [1.29, 1.82) is 0 Å². The molecule has 0 atom stereocenters. The van der Waals surface area contributed by atoms with E-state index in [9.17, 15) is 0 Å². The summed E-state index contributed by atoms with van der Waals surface area (Å²) in [5.41, 5.74) is 8.20. The molecule has 0 fully saturated rings. The van der Waals surface area contributed by atoms with Crippen LogP contribution >= 0.6 is 11.6 Å². The van der Waals surface area contributed by atoms with E-state index < -0.39 is 0 Å². The number of nitrogens with one attached hydrogen (secondary N) is 1. The van der Waals surface area contributed by atoms with Crippen molar-refractivity contribution in [3.63, 3.8) is 0 Å². The Hall–Kier alpha value is -1.81. The molecule has 0 saturated heterocycles. The zero-order valence-electron chi connectivity index (χ0n) is 8.74. The molecular formula is C11H11ClN4. The van der Waals surface area contributed by atoms with Gasteiger partial charge in [-0.1, -0.05) is 29.3 Å². The molecule has 0 aliphatic rings. The summed E-state index contributed by atoms with van der Waals surface area (Å²) >= 11 is 5.79. The summed E-state index contributed by atoms with van der Waals surface area (Å²) in [4.78, 5) is 7.81. The highest BCUT2D eigenvalue weighted by atomic mass is 35.5. The van der Waals surface area contributed by atoms with Crippen molar-refractivity contribution in [1.82, 2.24) is 9.97 Å². The number of rotatable bonds is 2. The normalized spacial score (nSPS) is 10.1. The minimum Gasteiger partial charge on any atom is -0.393 e. The number of nitrogens with zero attached hydrogens (tertiary/aromatic N) is 2. The number of benzene rings is 1. The topological polar surface area (TPSA) is 63.8 Å². The molecule has 1 aromatic heterocycles. The minimum atomic E-state index is 0.254. The third-order valence-electron chi connectivity index (χ3n) is 2.15. The lowest BCUT2D eigenvalue weighted by molar-refractivity contribution is 1.17. The van der Waals surface area contributed by atoms with E-state index in [1.807, 2.05) is 31.2 Å². The van der Waals surface area contributed by atoms with Gasteiger partial charge in [-0.05, 0) is 19.1 Å². The molecule has 0 amide bonds. The molecule has 0 radical (unpaired) electrons. The molecule has 0 saturated carbocycles. The molecule has 82 valence electrons. The summed E-state index contributed by atoms with van der Waals surface area (Å²) in [7, 11) is 0. The predicted molar refractivity (Wildman–Crippen MR) is 65.9 cm³/mol. The molecule has 0 bridgehead atoms. The van der Waals surface area contributed by atoms with Gasteiger partial charge in [-0.15, -0.1) is 0 Å². The third kappa shape index (κ3) is 2.23. The molecule has 0 aliphatic heterocycles. The van der Waals surface area contributed by atoms with Gasteiger partial charge in [-0.3, -0.25) is 0 Å². The highest BCUT2D eigenvalue weighted by Gasteiger charge is 2.05. The van der Waals surface area contributed by atoms with Gasteiger partial charge in [0.1, 0.15) is 12.0 Å². The molecular weight excluding hydrogens is 224 g/mol. The zero-order chi connectivity index (χ0) is 11.5. The Labute approximate surface area is 98.5 Å². The Bertz CT molecular complexity index is 496. The van der Waals surface area contributed by atoms with Crippen LogP contribution in [0.1, 0.15) is 5.56 Å². The first-order valence-electron chi connectivity index (χ1n) is 4.76. The fourth-order valence-corrected chi connectivity index (χ4v) is 1.38. The molecule has 1 heterocycles. The van der Waals surface area contributed by atoms with Crippen LogP contribution in [0.3, 0.4) is 0 Å². The molecule has 2 aromatic rings. The zero-order valence-corrected chi connectivity index (χ0v) is 9.49. The van der Waals surface area contributed by atoms with E-state index in [2.05, 4.69) is 15.3 Å². The fourth-order valence-electron chi connectivity index (χ4n) is 1.25. The van der Waals surface area contributed by atoms with Gasteiger partial charge in [0.25, 0.3) is 0 Å². The highest BCUT2D eigenvalue weighted by molar-refractivity contribution is 6.32. The van der Waals surface area contributed by atoms with Gasteiger partial charge in [0.05, 0.1) is 0 Å². The number of nitrogens with two attached hydrogens (primary N) is 1. The van der Waals surface area contributed by atoms with Gasteiger partial charge in [-0.25, -0.2) is 9.97 Å². The number of hydrogen-bond donors (Lipinski definition) is 2. The van der Waals surface area contributed by atoms with Crippen LogP contribution in [0, 0.1) is 6.92 Å². The molecule has 4 nitrogen and oxygen atoms in total. The van der Waals surface area contributed by atoms with Crippen molar-refractivity contribution < 1.29 is 0 Å². The number of aryl methyl sites for hydroxylation is 1. The monoisotopic (exact) mass is 234 g/mol. The first-order chi connectivity index (χ1) is 7.66. The number of anilines is 3. The van der Waals surface area contributed by atoms with Crippen LogP contribution in [0.2, 0.25) is 5.15 Å². The molecule has 16 heavy (non-hydrogen) atoms. The SMILES string of the molecule is Cc1ccc(Nc2ncnc(Cl)c2N)cc1. The van der Waals surface area contributed by atoms with Gasteiger partial charge in [-0.2, -0.15) is 0 Å². The standard InChI is InChI=1S/C11H11ClN4/c1-7-2-4-8(5-3-7)16-11-9(13)10(12)14-6-15-11/h2-6H,13H2,1H3,(H,14,15,16). The second-order valence-corrected chi connectivity index (χ2v) is 3.78. The Morgan fingerprint density at radius 1 is 1.19 bits per heavy atom. The largest absolute Gasteiger partial charge is 0.393 e. The van der Waals surface area contributed by atoms with Gasteiger partial charge in [0, 0.05) is 5.69 Å². The minimum absolute atomic E-state index is 0.254. The van der Waals surface area contributed by atoms with Crippen LogP contribution in [0.5, 0.6) is 0 Å². The van der Waals surface area contributed by atoms with Crippen LogP contribution in [0.15, 0.2) is 30.6 Å². The van der Waals surface area contributed by atoms with Gasteiger partial charge >= 0.3 is 0 Å². The lowest BCUT2D eigenvalue weighted by Crippen LogP contribution is -2.00. The number of halogens is 1. The van der Waals surface area contributed by atoms with Crippen LogP contribution in [-0.2, 0) is 0 Å². The number of hydrogen-bond acceptors (Lipinski definition) is 4.